The van der Waals surface area contributed by atoms with E-state index in [0.717, 1.165) is 12.8 Å². The van der Waals surface area contributed by atoms with Gasteiger partial charge in [-0.15, -0.1) is 0 Å². The van der Waals surface area contributed by atoms with Gasteiger partial charge in [0.2, 0.25) is 0 Å². The molecule has 0 fully saturated rings. The zero-order chi connectivity index (χ0) is 25.7. The fourth-order valence-electron chi connectivity index (χ4n) is 6.43. The molecule has 0 saturated heterocycles. The molecular weight excluding hydrogens is 458 g/mol. The van der Waals surface area contributed by atoms with Crippen LogP contribution in [0.2, 0.25) is 0 Å². The van der Waals surface area contributed by atoms with Crippen LogP contribution in [0.4, 0.5) is 0 Å². The van der Waals surface area contributed by atoms with Gasteiger partial charge in [0.1, 0.15) is 0 Å². The number of nitrogens with zero attached hydrogens (tertiary/aromatic N) is 1. The summed E-state index contributed by atoms with van der Waals surface area (Å²) in [5, 5.41) is 5.24. The first-order valence-electron chi connectivity index (χ1n) is 13.7. The van der Waals surface area contributed by atoms with E-state index in [0.29, 0.717) is 5.92 Å². The fourth-order valence-corrected chi connectivity index (χ4v) is 6.43. The van der Waals surface area contributed by atoms with Gasteiger partial charge in [0.05, 0.1) is 0 Å². The van der Waals surface area contributed by atoms with Gasteiger partial charge >= 0.3 is 0 Å². The summed E-state index contributed by atoms with van der Waals surface area (Å²) in [7, 11) is 0. The highest BCUT2D eigenvalue weighted by atomic mass is 14.6. The largest absolute Gasteiger partial charge is 0.264 e. The second-order valence-corrected chi connectivity index (χ2v) is 11.1. The minimum Gasteiger partial charge on any atom is -0.264 e. The topological polar surface area (TPSA) is 12.9 Å². The Hall–Kier alpha value is -4.23. The molecule has 2 aliphatic carbocycles. The van der Waals surface area contributed by atoms with E-state index in [-0.39, 0.29) is 5.41 Å². The van der Waals surface area contributed by atoms with Gasteiger partial charge in [0.15, 0.2) is 0 Å². The molecule has 1 heteroatoms. The summed E-state index contributed by atoms with van der Waals surface area (Å²) in [6.07, 6.45) is 17.7. The van der Waals surface area contributed by atoms with Crippen molar-refractivity contribution < 1.29 is 0 Å². The molecule has 0 saturated carbocycles. The van der Waals surface area contributed by atoms with Crippen LogP contribution < -0.4 is 0 Å². The first kappa shape index (κ1) is 22.9. The van der Waals surface area contributed by atoms with Crippen molar-refractivity contribution in [1.29, 1.82) is 0 Å². The summed E-state index contributed by atoms with van der Waals surface area (Å²) in [6.45, 7) is 4.63. The summed E-state index contributed by atoms with van der Waals surface area (Å²) >= 11 is 0. The molecule has 0 N–H and O–H groups in total. The average molecular weight is 490 g/mol. The maximum Gasteiger partial charge on any atom is 0.0308 e. The number of benzene rings is 4. The molecule has 5 aromatic rings. The third kappa shape index (κ3) is 3.65. The minimum absolute atomic E-state index is 0.0446. The van der Waals surface area contributed by atoms with E-state index in [9.17, 15) is 0 Å². The summed E-state index contributed by atoms with van der Waals surface area (Å²) in [5.74, 6) is 0.572. The maximum absolute atomic E-state index is 4.37. The van der Waals surface area contributed by atoms with Gasteiger partial charge in [-0.05, 0) is 91.4 Å². The van der Waals surface area contributed by atoms with Crippen molar-refractivity contribution in [2.24, 2.45) is 0 Å². The smallest absolute Gasteiger partial charge is 0.0308 e. The van der Waals surface area contributed by atoms with Crippen LogP contribution in [-0.4, -0.2) is 4.98 Å². The lowest BCUT2D eigenvalue weighted by Crippen LogP contribution is -2.20. The highest BCUT2D eigenvalue weighted by Gasteiger charge is 2.27. The first-order chi connectivity index (χ1) is 18.6. The Labute approximate surface area is 224 Å². The Kier molecular flexibility index (Phi) is 5.40. The lowest BCUT2D eigenvalue weighted by Gasteiger charge is -2.29. The summed E-state index contributed by atoms with van der Waals surface area (Å²) in [4.78, 5) is 4.37. The number of pyridine rings is 1. The number of fused-ring (bicyclic) bond motifs is 3. The number of hydrogen-bond donors (Lipinski definition) is 0. The lowest BCUT2D eigenvalue weighted by molar-refractivity contribution is 0.599. The van der Waals surface area contributed by atoms with E-state index in [1.807, 2.05) is 18.5 Å². The molecule has 0 bridgehead atoms. The number of hydrogen-bond acceptors (Lipinski definition) is 1. The third-order valence-electron chi connectivity index (χ3n) is 8.61. The monoisotopic (exact) mass is 489 g/mol. The molecule has 0 radical (unpaired) electrons. The van der Waals surface area contributed by atoms with Crippen molar-refractivity contribution in [3.63, 3.8) is 0 Å². The average Bonchev–Trinajstić information content (AvgIpc) is 2.97. The van der Waals surface area contributed by atoms with Crippen LogP contribution in [0.5, 0.6) is 0 Å². The van der Waals surface area contributed by atoms with Crippen LogP contribution in [0.1, 0.15) is 54.9 Å². The van der Waals surface area contributed by atoms with Crippen molar-refractivity contribution in [1.82, 2.24) is 4.98 Å². The normalized spacial score (nSPS) is 20.5. The molecule has 4 aromatic carbocycles. The predicted molar refractivity (Wildman–Crippen MR) is 162 cm³/mol. The third-order valence-corrected chi connectivity index (χ3v) is 8.61. The molecular formula is C37H31N. The molecule has 7 rings (SSSR count). The molecule has 2 unspecified atom stereocenters. The number of rotatable bonds is 3. The highest BCUT2D eigenvalue weighted by molar-refractivity contribution is 6.19. The molecule has 0 amide bonds. The summed E-state index contributed by atoms with van der Waals surface area (Å²) in [5.41, 5.74) is 9.27. The Morgan fingerprint density at radius 3 is 2.13 bits per heavy atom. The Morgan fingerprint density at radius 2 is 1.50 bits per heavy atom. The Balaban J connectivity index is 1.44. The number of aromatic nitrogens is 1. The maximum atomic E-state index is 4.37. The van der Waals surface area contributed by atoms with E-state index in [1.54, 1.807) is 0 Å². The second kappa shape index (κ2) is 8.96. The predicted octanol–water partition coefficient (Wildman–Crippen LogP) is 9.88. The standard InChI is InChI=1S/C37H31N/c1-25-9-7-10-27-23-28(16-17-30(25)27)36-33-14-5-3-12-31(33)35(32-13-4-6-15-34(32)36)26-18-20-37(2,21-19-26)29-11-8-22-38-24-29/h3-8,10-20,22-25H,9,21H2,1-2H3. The lowest BCUT2D eigenvalue weighted by atomic mass is 9.75. The van der Waals surface area contributed by atoms with E-state index < -0.39 is 0 Å². The van der Waals surface area contributed by atoms with E-state index in [1.165, 1.54) is 60.5 Å². The second-order valence-electron chi connectivity index (χ2n) is 11.1. The summed E-state index contributed by atoms with van der Waals surface area (Å²) in [6, 6.07) is 29.2. The van der Waals surface area contributed by atoms with Gasteiger partial charge < -0.3 is 0 Å². The zero-order valence-corrected chi connectivity index (χ0v) is 22.0. The van der Waals surface area contributed by atoms with Gasteiger partial charge in [-0.2, -0.15) is 0 Å². The van der Waals surface area contributed by atoms with Crippen LogP contribution in [-0.2, 0) is 5.41 Å². The molecule has 2 aliphatic rings. The first-order valence-corrected chi connectivity index (χ1v) is 13.7. The molecule has 0 aliphatic heterocycles. The SMILES string of the molecule is CC1CC=Cc2cc(-c3c4ccccc4c(C4=CCC(C)(c5cccnc5)C=C4)c4ccccc34)ccc21. The van der Waals surface area contributed by atoms with Gasteiger partial charge in [0.25, 0.3) is 0 Å². The molecule has 0 spiro atoms. The molecule has 184 valence electrons. The van der Waals surface area contributed by atoms with Gasteiger partial charge in [-0.1, -0.05) is 111 Å². The Bertz CT molecular complexity index is 1730. The molecule has 1 aromatic heterocycles. The molecule has 2 atom stereocenters. The van der Waals surface area contributed by atoms with Crippen molar-refractivity contribution in [2.75, 3.05) is 0 Å². The van der Waals surface area contributed by atoms with Crippen molar-refractivity contribution in [2.45, 2.75) is 38.0 Å². The van der Waals surface area contributed by atoms with Gasteiger partial charge in [-0.3, -0.25) is 4.98 Å². The van der Waals surface area contributed by atoms with Crippen molar-refractivity contribution >= 4 is 33.2 Å². The quantitative estimate of drug-likeness (QED) is 0.230. The van der Waals surface area contributed by atoms with Gasteiger partial charge in [0, 0.05) is 17.8 Å². The van der Waals surface area contributed by atoms with E-state index >= 15 is 0 Å². The van der Waals surface area contributed by atoms with Crippen LogP contribution >= 0.6 is 0 Å². The molecule has 38 heavy (non-hydrogen) atoms. The van der Waals surface area contributed by atoms with Crippen LogP contribution in [0.25, 0.3) is 44.3 Å². The van der Waals surface area contributed by atoms with E-state index in [4.69, 9.17) is 0 Å². The van der Waals surface area contributed by atoms with E-state index in [2.05, 4.69) is 122 Å². The van der Waals surface area contributed by atoms with Crippen molar-refractivity contribution in [3.05, 3.63) is 138 Å². The van der Waals surface area contributed by atoms with Gasteiger partial charge in [-0.25, -0.2) is 0 Å². The molecule has 1 nitrogen and oxygen atoms in total. The number of allylic oxidation sites excluding steroid dienone is 5. The zero-order valence-electron chi connectivity index (χ0n) is 22.0. The van der Waals surface area contributed by atoms with Crippen molar-refractivity contribution in [3.8, 4) is 11.1 Å². The van der Waals surface area contributed by atoms with Crippen LogP contribution in [0.15, 0.2) is 116 Å². The van der Waals surface area contributed by atoms with Crippen LogP contribution in [0.3, 0.4) is 0 Å². The minimum atomic E-state index is -0.0446. The Morgan fingerprint density at radius 1 is 0.789 bits per heavy atom. The fraction of sp³-hybridized carbons (Fsp3) is 0.162. The molecule has 1 heterocycles. The highest BCUT2D eigenvalue weighted by Crippen LogP contribution is 2.45. The van der Waals surface area contributed by atoms with Crippen LogP contribution in [0, 0.1) is 0 Å². The summed E-state index contributed by atoms with van der Waals surface area (Å²) < 4.78 is 0.